The lowest BCUT2D eigenvalue weighted by Gasteiger charge is -2.06. The van der Waals surface area contributed by atoms with Crippen LogP contribution in [0.25, 0.3) is 11.3 Å². The van der Waals surface area contributed by atoms with Gasteiger partial charge in [0, 0.05) is 19.4 Å². The molecule has 2 N–H and O–H groups in total. The molecule has 0 saturated heterocycles. The summed E-state index contributed by atoms with van der Waals surface area (Å²) >= 11 is 8.33. The fourth-order valence-electron chi connectivity index (χ4n) is 1.52. The highest BCUT2D eigenvalue weighted by molar-refractivity contribution is 9.11. The topological polar surface area (TPSA) is 49.8 Å². The molecule has 90 valence electrons. The highest BCUT2D eigenvalue weighted by Gasteiger charge is 2.10. The van der Waals surface area contributed by atoms with Crippen LogP contribution >= 0.6 is 43.2 Å². The molecule has 0 bridgehead atoms. The zero-order chi connectivity index (χ0) is 13.1. The van der Waals surface area contributed by atoms with Crippen LogP contribution in [0.2, 0.25) is 0 Å². The van der Waals surface area contributed by atoms with Crippen molar-refractivity contribution >= 4 is 54.5 Å². The van der Waals surface area contributed by atoms with E-state index in [2.05, 4.69) is 37.9 Å². The summed E-state index contributed by atoms with van der Waals surface area (Å²) in [6.45, 7) is 0. The van der Waals surface area contributed by atoms with Gasteiger partial charge < -0.3 is 5.73 Å². The number of nitrogens with two attached hydrogens (primary N) is 1. The minimum absolute atomic E-state index is 0.488. The molecule has 2 nitrogen and oxygen atoms in total. The van der Waals surface area contributed by atoms with Crippen molar-refractivity contribution in [2.45, 2.75) is 0 Å². The molecule has 0 fully saturated rings. The van der Waals surface area contributed by atoms with Crippen molar-refractivity contribution in [1.82, 2.24) is 0 Å². The van der Waals surface area contributed by atoms with Gasteiger partial charge in [0.2, 0.25) is 0 Å². The number of rotatable bonds is 2. The zero-order valence-electron chi connectivity index (χ0n) is 9.15. The minimum Gasteiger partial charge on any atom is -0.397 e. The van der Waals surface area contributed by atoms with Gasteiger partial charge in [-0.3, -0.25) is 0 Å². The lowest BCUT2D eigenvalue weighted by atomic mass is 10.1. The summed E-state index contributed by atoms with van der Waals surface area (Å²) in [5.41, 5.74) is 7.92. The van der Waals surface area contributed by atoms with Crippen molar-refractivity contribution in [1.29, 1.82) is 5.26 Å². The fourth-order valence-corrected chi connectivity index (χ4v) is 3.55. The number of thiophene rings is 1. The van der Waals surface area contributed by atoms with Crippen LogP contribution < -0.4 is 5.73 Å². The second kappa shape index (κ2) is 5.70. The molecule has 1 heterocycles. The molecule has 0 amide bonds. The van der Waals surface area contributed by atoms with Gasteiger partial charge in [-0.15, -0.1) is 11.3 Å². The largest absolute Gasteiger partial charge is 0.397 e. The van der Waals surface area contributed by atoms with Crippen LogP contribution in [0, 0.1) is 11.3 Å². The minimum atomic E-state index is 0.488. The van der Waals surface area contributed by atoms with Crippen LogP contribution in [0.15, 0.2) is 44.7 Å². The van der Waals surface area contributed by atoms with E-state index < -0.39 is 0 Å². The van der Waals surface area contributed by atoms with Gasteiger partial charge in [-0.05, 0) is 29.6 Å². The summed E-state index contributed by atoms with van der Waals surface area (Å²) in [4.78, 5) is 0.881. The molecule has 2 aromatic rings. The normalized spacial score (nSPS) is 11.8. The van der Waals surface area contributed by atoms with Crippen molar-refractivity contribution in [2.24, 2.45) is 5.73 Å². The number of allylic oxidation sites excluding steroid dienone is 1. The predicted molar refractivity (Wildman–Crippen MR) is 82.8 cm³/mol. The predicted octanol–water partition coefficient (Wildman–Crippen LogP) is 4.62. The number of nitriles is 1. The second-order valence-corrected chi connectivity index (χ2v) is 6.31. The van der Waals surface area contributed by atoms with Crippen LogP contribution in [0.4, 0.5) is 0 Å². The molecule has 0 aliphatic rings. The van der Waals surface area contributed by atoms with Crippen molar-refractivity contribution < 1.29 is 0 Å². The third kappa shape index (κ3) is 2.83. The first-order valence-electron chi connectivity index (χ1n) is 5.02. The van der Waals surface area contributed by atoms with Crippen molar-refractivity contribution in [3.8, 4) is 6.07 Å². The van der Waals surface area contributed by atoms with Crippen molar-refractivity contribution in [3.05, 3.63) is 55.1 Å². The maximum absolute atomic E-state index is 9.26. The maximum atomic E-state index is 9.26. The third-order valence-electron chi connectivity index (χ3n) is 2.32. The Morgan fingerprint density at radius 3 is 2.39 bits per heavy atom. The second-order valence-electron chi connectivity index (χ2n) is 3.54. The molecule has 0 spiro atoms. The average Bonchev–Trinajstić information content (AvgIpc) is 2.82. The van der Waals surface area contributed by atoms with E-state index in [1.54, 1.807) is 0 Å². The Bertz CT molecular complexity index is 619. The number of hydrogen-bond acceptors (Lipinski definition) is 3. The molecule has 18 heavy (non-hydrogen) atoms. The summed E-state index contributed by atoms with van der Waals surface area (Å²) in [6.07, 6.45) is 0. The average molecular weight is 384 g/mol. The fraction of sp³-hybridized carbons (Fsp3) is 0. The van der Waals surface area contributed by atoms with Gasteiger partial charge in [-0.2, -0.15) is 5.26 Å². The highest BCUT2D eigenvalue weighted by Crippen LogP contribution is 2.29. The molecule has 0 unspecified atom stereocenters. The van der Waals surface area contributed by atoms with Crippen LogP contribution in [-0.2, 0) is 0 Å². The molecule has 5 heteroatoms. The zero-order valence-corrected chi connectivity index (χ0v) is 13.1. The molecule has 0 aliphatic carbocycles. The maximum Gasteiger partial charge on any atom is 0.103 e. The van der Waals surface area contributed by atoms with Crippen molar-refractivity contribution in [2.75, 3.05) is 0 Å². The molecular weight excluding hydrogens is 376 g/mol. The number of hydrogen-bond donors (Lipinski definition) is 1. The molecule has 1 aromatic carbocycles. The monoisotopic (exact) mass is 382 g/mol. The van der Waals surface area contributed by atoms with E-state index >= 15 is 0 Å². The van der Waals surface area contributed by atoms with Gasteiger partial charge in [0.1, 0.15) is 6.07 Å². The van der Waals surface area contributed by atoms with E-state index in [1.165, 1.54) is 11.3 Å². The standard InChI is InChI=1S/C13H8Br2N2S/c14-9-4-8(5-10(15)6-9)13(17)11(7-16)12-2-1-3-18-12/h1-6H,17H2/b13-11-. The van der Waals surface area contributed by atoms with E-state index in [0.717, 1.165) is 19.4 Å². The van der Waals surface area contributed by atoms with E-state index in [-0.39, 0.29) is 0 Å². The Hall–Kier alpha value is -1.09. The van der Waals surface area contributed by atoms with Gasteiger partial charge in [-0.25, -0.2) is 0 Å². The summed E-state index contributed by atoms with van der Waals surface area (Å²) in [7, 11) is 0. The SMILES string of the molecule is N#C/C(=C(/N)c1cc(Br)cc(Br)c1)c1cccs1. The number of benzene rings is 1. The number of nitrogens with zero attached hydrogens (tertiary/aromatic N) is 1. The van der Waals surface area contributed by atoms with Gasteiger partial charge in [0.25, 0.3) is 0 Å². The number of halogens is 2. The summed E-state index contributed by atoms with van der Waals surface area (Å²) in [5.74, 6) is 0. The Balaban J connectivity index is 2.58. The van der Waals surface area contributed by atoms with E-state index in [1.807, 2.05) is 35.7 Å². The quantitative estimate of drug-likeness (QED) is 0.769. The van der Waals surface area contributed by atoms with Crippen LogP contribution in [0.5, 0.6) is 0 Å². The van der Waals surface area contributed by atoms with Gasteiger partial charge >= 0.3 is 0 Å². The summed E-state index contributed by atoms with van der Waals surface area (Å²) in [6, 6.07) is 11.7. The van der Waals surface area contributed by atoms with E-state index in [9.17, 15) is 5.26 Å². The first-order chi connectivity index (χ1) is 8.61. The molecule has 0 aliphatic heterocycles. The van der Waals surface area contributed by atoms with Crippen LogP contribution in [0.1, 0.15) is 10.4 Å². The Morgan fingerprint density at radius 1 is 1.22 bits per heavy atom. The van der Waals surface area contributed by atoms with Gasteiger partial charge in [0.15, 0.2) is 0 Å². The van der Waals surface area contributed by atoms with Crippen LogP contribution in [0.3, 0.4) is 0 Å². The van der Waals surface area contributed by atoms with E-state index in [4.69, 9.17) is 5.73 Å². The molecule has 1 aromatic heterocycles. The van der Waals surface area contributed by atoms with Crippen molar-refractivity contribution in [3.63, 3.8) is 0 Å². The first kappa shape index (κ1) is 13.3. The molecular formula is C13H8Br2N2S. The lowest BCUT2D eigenvalue weighted by Crippen LogP contribution is -2.00. The molecule has 0 radical (unpaired) electrons. The summed E-state index contributed by atoms with van der Waals surface area (Å²) < 4.78 is 1.83. The third-order valence-corrected chi connectivity index (χ3v) is 4.13. The smallest absolute Gasteiger partial charge is 0.103 e. The Labute approximate surface area is 126 Å². The first-order valence-corrected chi connectivity index (χ1v) is 7.48. The van der Waals surface area contributed by atoms with Gasteiger partial charge in [-0.1, -0.05) is 37.9 Å². The molecule has 0 saturated carbocycles. The lowest BCUT2D eigenvalue weighted by molar-refractivity contribution is 1.47. The molecule has 0 atom stereocenters. The van der Waals surface area contributed by atoms with Gasteiger partial charge in [0.05, 0.1) is 11.3 Å². The van der Waals surface area contributed by atoms with E-state index in [0.29, 0.717) is 11.3 Å². The van der Waals surface area contributed by atoms with Crippen LogP contribution in [-0.4, -0.2) is 0 Å². The summed E-state index contributed by atoms with van der Waals surface area (Å²) in [5, 5.41) is 11.2. The Kier molecular flexibility index (Phi) is 4.23. The Morgan fingerprint density at radius 2 is 1.89 bits per heavy atom. The molecule has 2 rings (SSSR count). The highest BCUT2D eigenvalue weighted by atomic mass is 79.9.